The average molecular weight is 384 g/mol. The van der Waals surface area contributed by atoms with E-state index in [4.69, 9.17) is 0 Å². The molecule has 2 aliphatic heterocycles. The minimum atomic E-state index is -0.833. The Hall–Kier alpha value is -2.41. The first-order valence-corrected chi connectivity index (χ1v) is 10.2. The Kier molecular flexibility index (Phi) is 5.10. The number of hydrogen-bond donors (Lipinski definition) is 2. The van der Waals surface area contributed by atoms with Crippen molar-refractivity contribution in [2.24, 2.45) is 5.92 Å². The third kappa shape index (κ3) is 3.90. The zero-order valence-electron chi connectivity index (χ0n) is 16.3. The summed E-state index contributed by atoms with van der Waals surface area (Å²) in [6, 6.07) is 10.0. The number of nitrogens with one attached hydrogen (secondary N) is 2. The molecule has 1 aliphatic carbocycles. The maximum absolute atomic E-state index is 12.6. The average Bonchev–Trinajstić information content (AvgIpc) is 3.50. The number of amides is 4. The predicted molar refractivity (Wildman–Crippen MR) is 104 cm³/mol. The van der Waals surface area contributed by atoms with Crippen LogP contribution in [-0.2, 0) is 16.1 Å². The zero-order chi connectivity index (χ0) is 19.7. The highest BCUT2D eigenvalue weighted by Gasteiger charge is 2.56. The lowest BCUT2D eigenvalue weighted by Crippen LogP contribution is -2.49. The minimum absolute atomic E-state index is 0.0927. The number of carbonyl (C=O) groups excluding carboxylic acids is 3. The normalized spacial score (nSPS) is 26.4. The third-order valence-corrected chi connectivity index (χ3v) is 6.20. The summed E-state index contributed by atoms with van der Waals surface area (Å²) >= 11 is 0. The first kappa shape index (κ1) is 18.9. The van der Waals surface area contributed by atoms with Crippen molar-refractivity contribution in [1.29, 1.82) is 0 Å². The third-order valence-electron chi connectivity index (χ3n) is 6.20. The highest BCUT2D eigenvalue weighted by atomic mass is 16.2. The Labute approximate surface area is 165 Å². The molecule has 0 spiro atoms. The number of nitrogens with zero attached hydrogens (tertiary/aromatic N) is 2. The van der Waals surface area contributed by atoms with E-state index >= 15 is 0 Å². The molecule has 7 heteroatoms. The number of benzene rings is 1. The number of imide groups is 1. The molecule has 7 nitrogen and oxygen atoms in total. The number of likely N-dealkylation sites (tertiary alicyclic amines) is 1. The Bertz CT molecular complexity index is 756. The molecule has 2 saturated heterocycles. The summed E-state index contributed by atoms with van der Waals surface area (Å²) in [6.45, 7) is 4.33. The number of hydrogen-bond acceptors (Lipinski definition) is 4. The molecule has 2 heterocycles. The molecule has 28 heavy (non-hydrogen) atoms. The van der Waals surface area contributed by atoms with Gasteiger partial charge < -0.3 is 10.6 Å². The van der Waals surface area contributed by atoms with Gasteiger partial charge in [-0.15, -0.1) is 0 Å². The highest BCUT2D eigenvalue weighted by Crippen LogP contribution is 2.42. The van der Waals surface area contributed by atoms with Crippen LogP contribution in [0, 0.1) is 5.92 Å². The second kappa shape index (κ2) is 7.54. The lowest BCUT2D eigenvalue weighted by molar-refractivity contribution is -0.135. The molecule has 0 aromatic heterocycles. The topological polar surface area (TPSA) is 81.8 Å². The maximum Gasteiger partial charge on any atom is 0.325 e. The first-order chi connectivity index (χ1) is 13.5. The first-order valence-electron chi connectivity index (χ1n) is 10.2. The fourth-order valence-electron chi connectivity index (χ4n) is 4.29. The van der Waals surface area contributed by atoms with Crippen molar-refractivity contribution in [3.63, 3.8) is 0 Å². The van der Waals surface area contributed by atoms with E-state index in [1.807, 2.05) is 18.2 Å². The van der Waals surface area contributed by atoms with Crippen molar-refractivity contribution in [3.05, 3.63) is 35.9 Å². The Balaban J connectivity index is 1.24. The van der Waals surface area contributed by atoms with Gasteiger partial charge in [-0.05, 0) is 44.1 Å². The van der Waals surface area contributed by atoms with E-state index in [0.717, 1.165) is 50.2 Å². The Morgan fingerprint density at radius 2 is 1.82 bits per heavy atom. The van der Waals surface area contributed by atoms with Crippen LogP contribution in [0.25, 0.3) is 0 Å². The maximum atomic E-state index is 12.6. The zero-order valence-corrected chi connectivity index (χ0v) is 16.3. The van der Waals surface area contributed by atoms with Crippen LogP contribution in [0.1, 0.15) is 38.2 Å². The number of carbonyl (C=O) groups is 3. The standard InChI is InChI=1S/C21H28N4O3/c1-21(16-7-8-16)19(27)25(20(28)23-21)14-18(26)22-17-9-11-24(12-10-17)13-15-5-3-2-4-6-15/h2-6,16-17H,7-14H2,1H3,(H,22,26)(H,23,28)/t21-/m1/s1. The van der Waals surface area contributed by atoms with E-state index in [1.165, 1.54) is 5.56 Å². The largest absolute Gasteiger partial charge is 0.352 e. The molecule has 150 valence electrons. The molecular formula is C21H28N4O3. The van der Waals surface area contributed by atoms with Crippen molar-refractivity contribution in [2.75, 3.05) is 19.6 Å². The fraction of sp³-hybridized carbons (Fsp3) is 0.571. The molecule has 1 atom stereocenters. The van der Waals surface area contributed by atoms with Crippen LogP contribution < -0.4 is 10.6 Å². The molecule has 1 aromatic rings. The van der Waals surface area contributed by atoms with Crippen LogP contribution in [0.5, 0.6) is 0 Å². The molecule has 1 saturated carbocycles. The summed E-state index contributed by atoms with van der Waals surface area (Å²) in [5, 5.41) is 5.78. The van der Waals surface area contributed by atoms with Crippen LogP contribution in [-0.4, -0.2) is 58.9 Å². The SMILES string of the molecule is C[C@]1(C2CC2)NC(=O)N(CC(=O)NC2CCN(Cc3ccccc3)CC2)C1=O. The van der Waals surface area contributed by atoms with Gasteiger partial charge in [0.05, 0.1) is 0 Å². The van der Waals surface area contributed by atoms with E-state index in [1.54, 1.807) is 6.92 Å². The van der Waals surface area contributed by atoms with E-state index in [2.05, 4.69) is 27.7 Å². The molecule has 3 aliphatic rings. The van der Waals surface area contributed by atoms with Crippen LogP contribution in [0.4, 0.5) is 4.79 Å². The van der Waals surface area contributed by atoms with Crippen LogP contribution >= 0.6 is 0 Å². The van der Waals surface area contributed by atoms with Crippen LogP contribution in [0.15, 0.2) is 30.3 Å². The lowest BCUT2D eigenvalue weighted by Gasteiger charge is -2.32. The van der Waals surface area contributed by atoms with Gasteiger partial charge in [0, 0.05) is 25.7 Å². The van der Waals surface area contributed by atoms with Crippen molar-refractivity contribution in [1.82, 2.24) is 20.4 Å². The molecule has 3 fully saturated rings. The highest BCUT2D eigenvalue weighted by molar-refractivity contribution is 6.09. The molecule has 4 rings (SSSR count). The quantitative estimate of drug-likeness (QED) is 0.728. The lowest BCUT2D eigenvalue weighted by atomic mass is 9.96. The summed E-state index contributed by atoms with van der Waals surface area (Å²) in [4.78, 5) is 40.7. The van der Waals surface area contributed by atoms with Crippen molar-refractivity contribution < 1.29 is 14.4 Å². The number of rotatable bonds is 6. The molecule has 4 amide bonds. The van der Waals surface area contributed by atoms with Crippen molar-refractivity contribution in [2.45, 2.75) is 50.7 Å². The van der Waals surface area contributed by atoms with Crippen molar-refractivity contribution in [3.8, 4) is 0 Å². The van der Waals surface area contributed by atoms with Gasteiger partial charge in [0.25, 0.3) is 5.91 Å². The molecule has 0 unspecified atom stereocenters. The fourth-order valence-corrected chi connectivity index (χ4v) is 4.29. The smallest absolute Gasteiger partial charge is 0.325 e. The van der Waals surface area contributed by atoms with Crippen LogP contribution in [0.3, 0.4) is 0 Å². The molecule has 0 bridgehead atoms. The number of urea groups is 1. The minimum Gasteiger partial charge on any atom is -0.352 e. The van der Waals surface area contributed by atoms with E-state index < -0.39 is 11.6 Å². The van der Waals surface area contributed by atoms with Crippen molar-refractivity contribution >= 4 is 17.8 Å². The second-order valence-corrected chi connectivity index (χ2v) is 8.40. The van der Waals surface area contributed by atoms with Gasteiger partial charge in [0.15, 0.2) is 0 Å². The Morgan fingerprint density at radius 1 is 1.14 bits per heavy atom. The molecule has 1 aromatic carbocycles. The van der Waals surface area contributed by atoms with Gasteiger partial charge in [-0.25, -0.2) is 4.79 Å². The second-order valence-electron chi connectivity index (χ2n) is 8.40. The van der Waals surface area contributed by atoms with Gasteiger partial charge in [0.2, 0.25) is 5.91 Å². The van der Waals surface area contributed by atoms with Gasteiger partial charge in [-0.1, -0.05) is 30.3 Å². The van der Waals surface area contributed by atoms with Gasteiger partial charge in [-0.3, -0.25) is 19.4 Å². The number of piperidine rings is 1. The summed E-state index contributed by atoms with van der Waals surface area (Å²) in [6.07, 6.45) is 3.64. The summed E-state index contributed by atoms with van der Waals surface area (Å²) in [5.41, 5.74) is 0.461. The van der Waals surface area contributed by atoms with Gasteiger partial charge in [-0.2, -0.15) is 0 Å². The molecular weight excluding hydrogens is 356 g/mol. The molecule has 0 radical (unpaired) electrons. The Morgan fingerprint density at radius 3 is 2.46 bits per heavy atom. The summed E-state index contributed by atoms with van der Waals surface area (Å²) in [5.74, 6) is -0.330. The molecule has 2 N–H and O–H groups in total. The van der Waals surface area contributed by atoms with Gasteiger partial charge in [0.1, 0.15) is 12.1 Å². The monoisotopic (exact) mass is 384 g/mol. The van der Waals surface area contributed by atoms with E-state index in [0.29, 0.717) is 0 Å². The predicted octanol–water partition coefficient (Wildman–Crippen LogP) is 1.49. The summed E-state index contributed by atoms with van der Waals surface area (Å²) in [7, 11) is 0. The van der Waals surface area contributed by atoms with Gasteiger partial charge >= 0.3 is 6.03 Å². The van der Waals surface area contributed by atoms with E-state index in [-0.39, 0.29) is 30.3 Å². The van der Waals surface area contributed by atoms with E-state index in [9.17, 15) is 14.4 Å². The van der Waals surface area contributed by atoms with Crippen LogP contribution in [0.2, 0.25) is 0 Å². The summed E-state index contributed by atoms with van der Waals surface area (Å²) < 4.78 is 0.